The van der Waals surface area contributed by atoms with Crippen LogP contribution in [0.5, 0.6) is 5.75 Å². The molecule has 7 heteroatoms. The maximum Gasteiger partial charge on any atom is 0.339 e. The molecule has 7 nitrogen and oxygen atoms in total. The number of rotatable bonds is 4. The van der Waals surface area contributed by atoms with E-state index in [-0.39, 0.29) is 5.56 Å². The summed E-state index contributed by atoms with van der Waals surface area (Å²) in [6, 6.07) is 12.3. The molecule has 0 aromatic heterocycles. The fourth-order valence-corrected chi connectivity index (χ4v) is 1.97. The number of benzene rings is 2. The van der Waals surface area contributed by atoms with E-state index in [9.17, 15) is 14.4 Å². The Morgan fingerprint density at radius 2 is 1.71 bits per heavy atom. The van der Waals surface area contributed by atoms with Crippen molar-refractivity contribution in [2.24, 2.45) is 0 Å². The van der Waals surface area contributed by atoms with E-state index in [0.717, 1.165) is 0 Å². The number of anilines is 2. The lowest BCUT2D eigenvalue weighted by atomic mass is 10.2. The molecule has 0 saturated carbocycles. The molecule has 0 aliphatic rings. The van der Waals surface area contributed by atoms with Crippen molar-refractivity contribution in [1.82, 2.24) is 0 Å². The van der Waals surface area contributed by atoms with Gasteiger partial charge < -0.3 is 20.1 Å². The van der Waals surface area contributed by atoms with Crippen molar-refractivity contribution >= 4 is 29.3 Å². The highest BCUT2D eigenvalue weighted by atomic mass is 16.5. The van der Waals surface area contributed by atoms with Crippen molar-refractivity contribution in [3.63, 3.8) is 0 Å². The van der Waals surface area contributed by atoms with Crippen LogP contribution in [-0.4, -0.2) is 25.1 Å². The molecule has 0 bridgehead atoms. The highest BCUT2D eigenvalue weighted by Crippen LogP contribution is 2.19. The highest BCUT2D eigenvalue weighted by Gasteiger charge is 2.13. The van der Waals surface area contributed by atoms with Crippen LogP contribution in [0.3, 0.4) is 0 Å². The number of carbonyl (C=O) groups is 3. The van der Waals surface area contributed by atoms with Crippen LogP contribution in [0.25, 0.3) is 0 Å². The topological polar surface area (TPSA) is 93.7 Å². The minimum absolute atomic E-state index is 0.240. The van der Waals surface area contributed by atoms with Gasteiger partial charge in [-0.25, -0.2) is 9.59 Å². The van der Waals surface area contributed by atoms with Gasteiger partial charge in [-0.3, -0.25) is 4.79 Å². The van der Waals surface area contributed by atoms with Crippen molar-refractivity contribution in [1.29, 1.82) is 0 Å². The third kappa shape index (κ3) is 4.57. The van der Waals surface area contributed by atoms with Crippen molar-refractivity contribution in [3.05, 3.63) is 54.1 Å². The number of ether oxygens (including phenoxy) is 2. The molecule has 124 valence electrons. The molecule has 2 rings (SSSR count). The first-order valence-corrected chi connectivity index (χ1v) is 7.03. The Morgan fingerprint density at radius 3 is 2.42 bits per heavy atom. The molecule has 2 N–H and O–H groups in total. The SMILES string of the molecule is COC(=O)c1ccccc1NC(=O)Nc1cccc(OC(C)=O)c1. The molecule has 0 atom stereocenters. The molecule has 0 heterocycles. The minimum Gasteiger partial charge on any atom is -0.465 e. The number of urea groups is 1. The number of methoxy groups -OCH3 is 1. The lowest BCUT2D eigenvalue weighted by Crippen LogP contribution is -2.21. The molecule has 24 heavy (non-hydrogen) atoms. The average molecular weight is 328 g/mol. The standard InChI is InChI=1S/C17H16N2O5/c1-11(20)24-13-7-5-6-12(10-13)18-17(22)19-15-9-4-3-8-14(15)16(21)23-2/h3-10H,1-2H3,(H2,18,19,22). The summed E-state index contributed by atoms with van der Waals surface area (Å²) in [7, 11) is 1.26. The lowest BCUT2D eigenvalue weighted by Gasteiger charge is -2.11. The molecule has 0 radical (unpaired) electrons. The summed E-state index contributed by atoms with van der Waals surface area (Å²) in [6.45, 7) is 1.29. The molecule has 0 aliphatic carbocycles. The van der Waals surface area contributed by atoms with Gasteiger partial charge in [-0.05, 0) is 24.3 Å². The monoisotopic (exact) mass is 328 g/mol. The van der Waals surface area contributed by atoms with E-state index in [1.165, 1.54) is 20.1 Å². The number of hydrogen-bond acceptors (Lipinski definition) is 5. The van der Waals surface area contributed by atoms with Gasteiger partial charge in [0.1, 0.15) is 5.75 Å². The van der Waals surface area contributed by atoms with E-state index in [4.69, 9.17) is 4.74 Å². The Kier molecular flexibility index (Phi) is 5.51. The molecular weight excluding hydrogens is 312 g/mol. The summed E-state index contributed by atoms with van der Waals surface area (Å²) >= 11 is 0. The van der Waals surface area contributed by atoms with Crippen LogP contribution in [0.1, 0.15) is 17.3 Å². The van der Waals surface area contributed by atoms with E-state index in [1.54, 1.807) is 42.5 Å². The normalized spacial score (nSPS) is 9.75. The van der Waals surface area contributed by atoms with Crippen LogP contribution >= 0.6 is 0 Å². The quantitative estimate of drug-likeness (QED) is 0.664. The zero-order valence-corrected chi connectivity index (χ0v) is 13.2. The second kappa shape index (κ2) is 7.77. The Balaban J connectivity index is 2.09. The second-order valence-electron chi connectivity index (χ2n) is 4.74. The van der Waals surface area contributed by atoms with Crippen LogP contribution in [0, 0.1) is 0 Å². The summed E-state index contributed by atoms with van der Waals surface area (Å²) in [5, 5.41) is 5.17. The first kappa shape index (κ1) is 17.0. The van der Waals surface area contributed by atoms with Gasteiger partial charge in [0.25, 0.3) is 0 Å². The van der Waals surface area contributed by atoms with Crippen LogP contribution in [0.2, 0.25) is 0 Å². The fourth-order valence-electron chi connectivity index (χ4n) is 1.97. The minimum atomic E-state index is -0.553. The van der Waals surface area contributed by atoms with Crippen LogP contribution in [0.15, 0.2) is 48.5 Å². The van der Waals surface area contributed by atoms with Crippen LogP contribution in [-0.2, 0) is 9.53 Å². The second-order valence-corrected chi connectivity index (χ2v) is 4.74. The molecule has 2 aromatic carbocycles. The van der Waals surface area contributed by atoms with Gasteiger partial charge in [-0.1, -0.05) is 18.2 Å². The van der Waals surface area contributed by atoms with Gasteiger partial charge in [0.05, 0.1) is 18.4 Å². The predicted octanol–water partition coefficient (Wildman–Crippen LogP) is 3.04. The number of para-hydroxylation sites is 1. The van der Waals surface area contributed by atoms with E-state index >= 15 is 0 Å². The smallest absolute Gasteiger partial charge is 0.339 e. The van der Waals surface area contributed by atoms with Gasteiger partial charge >= 0.3 is 18.0 Å². The molecule has 0 aliphatic heterocycles. The van der Waals surface area contributed by atoms with Crippen molar-refractivity contribution in [2.45, 2.75) is 6.92 Å². The number of amides is 2. The fraction of sp³-hybridized carbons (Fsp3) is 0.118. The van der Waals surface area contributed by atoms with Crippen molar-refractivity contribution < 1.29 is 23.9 Å². The summed E-state index contributed by atoms with van der Waals surface area (Å²) in [6.07, 6.45) is 0. The molecule has 0 fully saturated rings. The van der Waals surface area contributed by atoms with E-state index in [2.05, 4.69) is 15.4 Å². The Labute approximate surface area is 138 Å². The number of hydrogen-bond donors (Lipinski definition) is 2. The Bertz CT molecular complexity index is 773. The molecule has 0 unspecified atom stereocenters. The molecule has 2 aromatic rings. The van der Waals surface area contributed by atoms with Crippen LogP contribution in [0.4, 0.5) is 16.2 Å². The maximum atomic E-state index is 12.1. The summed E-state index contributed by atoms with van der Waals surface area (Å²) in [5.41, 5.74) is 0.989. The van der Waals surface area contributed by atoms with Crippen molar-refractivity contribution in [3.8, 4) is 5.75 Å². The van der Waals surface area contributed by atoms with Gasteiger partial charge in [0.15, 0.2) is 0 Å². The first-order valence-electron chi connectivity index (χ1n) is 7.03. The predicted molar refractivity (Wildman–Crippen MR) is 88.2 cm³/mol. The first-order chi connectivity index (χ1) is 11.5. The summed E-state index contributed by atoms with van der Waals surface area (Å²) < 4.78 is 9.62. The Hall–Kier alpha value is -3.35. The average Bonchev–Trinajstić information content (AvgIpc) is 2.54. The largest absolute Gasteiger partial charge is 0.465 e. The zero-order chi connectivity index (χ0) is 17.5. The third-order valence-corrected chi connectivity index (χ3v) is 2.93. The van der Waals surface area contributed by atoms with E-state index in [0.29, 0.717) is 17.1 Å². The number of carbonyl (C=O) groups excluding carboxylic acids is 3. The van der Waals surface area contributed by atoms with Gasteiger partial charge in [0.2, 0.25) is 0 Å². The van der Waals surface area contributed by atoms with Gasteiger partial charge in [0, 0.05) is 18.7 Å². The third-order valence-electron chi connectivity index (χ3n) is 2.93. The van der Waals surface area contributed by atoms with Crippen molar-refractivity contribution in [2.75, 3.05) is 17.7 Å². The van der Waals surface area contributed by atoms with Gasteiger partial charge in [-0.2, -0.15) is 0 Å². The maximum absolute atomic E-state index is 12.1. The highest BCUT2D eigenvalue weighted by molar-refractivity contribution is 6.05. The summed E-state index contributed by atoms with van der Waals surface area (Å²) in [4.78, 5) is 34.7. The van der Waals surface area contributed by atoms with Gasteiger partial charge in [-0.15, -0.1) is 0 Å². The van der Waals surface area contributed by atoms with Crippen LogP contribution < -0.4 is 15.4 Å². The molecule has 2 amide bonds. The van der Waals surface area contributed by atoms with E-state index < -0.39 is 18.0 Å². The van der Waals surface area contributed by atoms with E-state index in [1.807, 2.05) is 0 Å². The number of esters is 2. The summed E-state index contributed by atoms with van der Waals surface area (Å²) in [5.74, 6) is -0.693. The Morgan fingerprint density at radius 1 is 0.958 bits per heavy atom. The molecule has 0 spiro atoms. The molecule has 0 saturated heterocycles. The zero-order valence-electron chi connectivity index (χ0n) is 13.2. The molecular formula is C17H16N2O5. The lowest BCUT2D eigenvalue weighted by molar-refractivity contribution is -0.131. The number of nitrogens with one attached hydrogen (secondary N) is 2.